The minimum atomic E-state index is -1.60. The van der Waals surface area contributed by atoms with Gasteiger partial charge in [0, 0.05) is 25.9 Å². The van der Waals surface area contributed by atoms with Crippen molar-refractivity contribution in [3.05, 3.63) is 65.7 Å². The summed E-state index contributed by atoms with van der Waals surface area (Å²) in [6.45, 7) is 2.23. The van der Waals surface area contributed by atoms with E-state index in [0.29, 0.717) is 24.0 Å². The van der Waals surface area contributed by atoms with Crippen LogP contribution in [0.3, 0.4) is 0 Å². The molecule has 0 unspecified atom stereocenters. The van der Waals surface area contributed by atoms with Crippen molar-refractivity contribution in [3.8, 4) is 5.75 Å². The number of phenols is 1. The number of aliphatic hydroxyl groups excluding tert-OH is 2. The number of rotatable bonds is 6. The maximum absolute atomic E-state index is 14.2. The third kappa shape index (κ3) is 10.2. The first kappa shape index (κ1) is 40.6. The first-order valence-corrected chi connectivity index (χ1v) is 18.5. The summed E-state index contributed by atoms with van der Waals surface area (Å²) in [7, 11) is 0. The van der Waals surface area contributed by atoms with E-state index < -0.39 is 96.4 Å². The van der Waals surface area contributed by atoms with Crippen molar-refractivity contribution in [1.82, 2.24) is 36.4 Å². The summed E-state index contributed by atoms with van der Waals surface area (Å²) >= 11 is 0. The van der Waals surface area contributed by atoms with Gasteiger partial charge in [0.25, 0.3) is 0 Å². The summed E-state index contributed by atoms with van der Waals surface area (Å²) in [5.74, 6) is -5.29. The Labute approximate surface area is 318 Å². The lowest BCUT2D eigenvalue weighted by Gasteiger charge is -2.34. The van der Waals surface area contributed by atoms with Crippen LogP contribution in [0.5, 0.6) is 5.75 Å². The Kier molecular flexibility index (Phi) is 13.4. The quantitative estimate of drug-likeness (QED) is 0.161. The number of benzene rings is 2. The number of aromatic hydroxyl groups is 1. The summed E-state index contributed by atoms with van der Waals surface area (Å²) in [4.78, 5) is 98.9. The Hall–Kier alpha value is -5.55. The molecule has 0 saturated carbocycles. The van der Waals surface area contributed by atoms with E-state index in [4.69, 9.17) is 0 Å². The van der Waals surface area contributed by atoms with Crippen LogP contribution in [0.25, 0.3) is 0 Å². The first-order chi connectivity index (χ1) is 26.2. The van der Waals surface area contributed by atoms with Crippen molar-refractivity contribution < 1.29 is 48.9 Å². The van der Waals surface area contributed by atoms with Crippen LogP contribution in [-0.2, 0) is 46.4 Å². The molecule has 296 valence electrons. The number of aliphatic hydroxyl groups is 2. The third-order valence-electron chi connectivity index (χ3n) is 10.1. The highest BCUT2D eigenvalue weighted by molar-refractivity contribution is 5.98. The van der Waals surface area contributed by atoms with E-state index in [-0.39, 0.29) is 44.5 Å². The van der Waals surface area contributed by atoms with E-state index in [1.165, 1.54) is 47.9 Å². The molecule has 2 aromatic rings. The molecule has 17 nitrogen and oxygen atoms in total. The van der Waals surface area contributed by atoms with Crippen LogP contribution in [0.2, 0.25) is 0 Å². The molecule has 3 aliphatic heterocycles. The third-order valence-corrected chi connectivity index (χ3v) is 10.1. The molecule has 3 aliphatic rings. The Balaban J connectivity index is 1.52. The molecule has 5 rings (SSSR count). The van der Waals surface area contributed by atoms with Gasteiger partial charge in [0.2, 0.25) is 41.4 Å². The lowest BCUT2D eigenvalue weighted by molar-refractivity contribution is -0.149. The monoisotopic (exact) mass is 763 g/mol. The highest BCUT2D eigenvalue weighted by Gasteiger charge is 2.45. The Morgan fingerprint density at radius 3 is 1.75 bits per heavy atom. The number of hydrogen-bond donors (Lipinski definition) is 8. The van der Waals surface area contributed by atoms with Crippen LogP contribution >= 0.6 is 0 Å². The molecule has 3 saturated heterocycles. The van der Waals surface area contributed by atoms with Gasteiger partial charge in [-0.05, 0) is 62.8 Å². The average molecular weight is 764 g/mol. The number of amides is 7. The molecule has 55 heavy (non-hydrogen) atoms. The molecular weight excluding hydrogens is 714 g/mol. The van der Waals surface area contributed by atoms with Crippen molar-refractivity contribution in [2.45, 2.75) is 101 Å². The first-order valence-electron chi connectivity index (χ1n) is 18.5. The Morgan fingerprint density at radius 1 is 0.618 bits per heavy atom. The Bertz CT molecular complexity index is 1740. The molecular formula is C38H49N7O10. The van der Waals surface area contributed by atoms with Gasteiger partial charge in [-0.15, -0.1) is 0 Å². The predicted octanol–water partition coefficient (Wildman–Crippen LogP) is -2.01. The SMILES string of the molecule is C[C@@H](O)[C@@H]1NC(=O)[C@H](Cc2ccc(O)cc2)NC(=O)[C@H](Cc2ccccc2)NC(=O)[C@@H]2CCCN2C(=O)[C@H]2CCCN2C(=O)[C@H]([C@@H](C)O)NC(=O)CNC1=O. The minimum absolute atomic E-state index is 0.0119. The van der Waals surface area contributed by atoms with Crippen molar-refractivity contribution in [2.75, 3.05) is 19.6 Å². The summed E-state index contributed by atoms with van der Waals surface area (Å²) in [6, 6.07) is 7.10. The zero-order valence-electron chi connectivity index (χ0n) is 30.8. The molecule has 0 aromatic heterocycles. The molecule has 8 atom stereocenters. The second-order valence-electron chi connectivity index (χ2n) is 14.3. The topological polar surface area (TPSA) is 247 Å². The average Bonchev–Trinajstić information content (AvgIpc) is 3.86. The van der Waals surface area contributed by atoms with Crippen molar-refractivity contribution in [2.24, 2.45) is 0 Å². The van der Waals surface area contributed by atoms with Gasteiger partial charge >= 0.3 is 0 Å². The molecule has 0 radical (unpaired) electrons. The summed E-state index contributed by atoms with van der Waals surface area (Å²) in [5.41, 5.74) is 1.21. The van der Waals surface area contributed by atoms with Crippen LogP contribution < -0.4 is 26.6 Å². The zero-order valence-corrected chi connectivity index (χ0v) is 30.8. The highest BCUT2D eigenvalue weighted by Crippen LogP contribution is 2.26. The molecule has 0 bridgehead atoms. The predicted molar refractivity (Wildman–Crippen MR) is 196 cm³/mol. The highest BCUT2D eigenvalue weighted by atomic mass is 16.3. The molecule has 3 heterocycles. The van der Waals surface area contributed by atoms with Crippen LogP contribution in [0.1, 0.15) is 50.7 Å². The van der Waals surface area contributed by atoms with Crippen LogP contribution in [0, 0.1) is 0 Å². The van der Waals surface area contributed by atoms with Gasteiger partial charge in [-0.2, -0.15) is 0 Å². The maximum atomic E-state index is 14.2. The molecule has 2 aromatic carbocycles. The van der Waals surface area contributed by atoms with Crippen molar-refractivity contribution >= 4 is 41.4 Å². The summed E-state index contributed by atoms with van der Waals surface area (Å²) < 4.78 is 0. The molecule has 8 N–H and O–H groups in total. The lowest BCUT2D eigenvalue weighted by Crippen LogP contribution is -2.60. The molecule has 0 spiro atoms. The van der Waals surface area contributed by atoms with E-state index in [0.717, 1.165) is 0 Å². The number of carbonyl (C=O) groups is 7. The fraction of sp³-hybridized carbons (Fsp3) is 0.500. The fourth-order valence-corrected chi connectivity index (χ4v) is 7.19. The Morgan fingerprint density at radius 2 is 1.15 bits per heavy atom. The second kappa shape index (κ2) is 18.2. The number of fused-ring (bicyclic) bond motifs is 2. The minimum Gasteiger partial charge on any atom is -0.508 e. The van der Waals surface area contributed by atoms with E-state index in [2.05, 4.69) is 26.6 Å². The number of nitrogens with one attached hydrogen (secondary N) is 5. The van der Waals surface area contributed by atoms with Crippen molar-refractivity contribution in [1.29, 1.82) is 0 Å². The zero-order chi connectivity index (χ0) is 39.8. The molecule has 0 aliphatic carbocycles. The van der Waals surface area contributed by atoms with E-state index >= 15 is 0 Å². The number of phenolic OH excluding ortho intramolecular Hbond substituents is 1. The molecule has 17 heteroatoms. The van der Waals surface area contributed by atoms with E-state index in [1.54, 1.807) is 30.3 Å². The largest absolute Gasteiger partial charge is 0.508 e. The van der Waals surface area contributed by atoms with Gasteiger partial charge in [0.05, 0.1) is 18.8 Å². The van der Waals surface area contributed by atoms with Gasteiger partial charge in [0.1, 0.15) is 42.0 Å². The number of hydrogen-bond acceptors (Lipinski definition) is 10. The second-order valence-corrected chi connectivity index (χ2v) is 14.3. The molecule has 3 fully saturated rings. The summed E-state index contributed by atoms with van der Waals surface area (Å²) in [6.07, 6.45) is -1.47. The fourth-order valence-electron chi connectivity index (χ4n) is 7.19. The van der Waals surface area contributed by atoms with Crippen LogP contribution in [0.15, 0.2) is 54.6 Å². The van der Waals surface area contributed by atoms with E-state index in [1.807, 2.05) is 0 Å². The van der Waals surface area contributed by atoms with Gasteiger partial charge in [-0.1, -0.05) is 42.5 Å². The number of nitrogens with zero attached hydrogens (tertiary/aromatic N) is 2. The van der Waals surface area contributed by atoms with Gasteiger partial charge in [-0.3, -0.25) is 33.6 Å². The standard InChI is InChI=1S/C38H49N7O10/c1-21(46)31-36(53)39-20-30(49)42-32(22(2)47)38(55)45-17-7-11-29(45)37(54)44-16-6-10-28(44)35(52)41-26(18-23-8-4-3-5-9-23)33(50)40-27(34(51)43-31)19-24-12-14-25(48)15-13-24/h3-5,8-9,12-15,21-22,26-29,31-32,46-48H,6-7,10-11,16-20H2,1-2H3,(H,39,53)(H,40,50)(H,41,52)(H,42,49)(H,43,51)/t21-,22-,26+,27+,28+,29-,31+,32+/m1/s1. The van der Waals surface area contributed by atoms with Crippen LogP contribution in [-0.4, -0.2) is 135 Å². The van der Waals surface area contributed by atoms with Crippen LogP contribution in [0.4, 0.5) is 0 Å². The number of carbonyl (C=O) groups excluding carboxylic acids is 7. The maximum Gasteiger partial charge on any atom is 0.248 e. The normalized spacial score (nSPS) is 27.4. The van der Waals surface area contributed by atoms with Gasteiger partial charge in [-0.25, -0.2) is 0 Å². The smallest absolute Gasteiger partial charge is 0.248 e. The van der Waals surface area contributed by atoms with Crippen molar-refractivity contribution in [3.63, 3.8) is 0 Å². The molecule has 7 amide bonds. The van der Waals surface area contributed by atoms with Gasteiger partial charge in [0.15, 0.2) is 0 Å². The van der Waals surface area contributed by atoms with E-state index in [9.17, 15) is 48.9 Å². The summed E-state index contributed by atoms with van der Waals surface area (Å²) in [5, 5.41) is 43.6. The van der Waals surface area contributed by atoms with Gasteiger partial charge < -0.3 is 51.7 Å². The lowest BCUT2D eigenvalue weighted by atomic mass is 10.0.